The molecule has 174 valence electrons. The average Bonchev–Trinajstić information content (AvgIpc) is 3.26. The average molecular weight is 455 g/mol. The number of fused-ring (bicyclic) bond motifs is 1. The number of nitrogens with two attached hydrogens (primary N) is 1. The van der Waals surface area contributed by atoms with Gasteiger partial charge >= 0.3 is 0 Å². The number of rotatable bonds is 3. The van der Waals surface area contributed by atoms with E-state index >= 15 is 0 Å². The molecule has 2 fully saturated rings. The first-order valence-corrected chi connectivity index (χ1v) is 11.5. The van der Waals surface area contributed by atoms with Gasteiger partial charge in [0, 0.05) is 36.8 Å². The Labute approximate surface area is 190 Å². The monoisotopic (exact) mass is 454 g/mol. The van der Waals surface area contributed by atoms with Gasteiger partial charge in [0.05, 0.1) is 17.3 Å². The van der Waals surface area contributed by atoms with Gasteiger partial charge in [-0.25, -0.2) is 18.7 Å². The maximum absolute atomic E-state index is 15.0. The number of piperidine rings is 2. The summed E-state index contributed by atoms with van der Waals surface area (Å²) >= 11 is 0. The number of imidazole rings is 1. The highest BCUT2D eigenvalue weighted by atomic mass is 19.1. The van der Waals surface area contributed by atoms with Gasteiger partial charge in [-0.05, 0) is 62.8 Å². The molecule has 7 nitrogen and oxygen atoms in total. The molecule has 2 aromatic heterocycles. The standard InChI is InChI=1S/C24H28F2N6O/c1-13-9-19(27)16(10-17(13)25)24(33)32-7-4-14(5-8-32)20-18(26)12-29-23-21(20)30-22(31-23)15-3-2-6-28-11-15/h9-10,12,14-15,28H,2-8,11,27H2,1H3,(H,29,30,31). The van der Waals surface area contributed by atoms with Crippen molar-refractivity contribution in [2.24, 2.45) is 0 Å². The molecule has 0 saturated carbocycles. The van der Waals surface area contributed by atoms with Crippen LogP contribution in [0.4, 0.5) is 14.5 Å². The van der Waals surface area contributed by atoms with E-state index in [1.54, 1.807) is 11.8 Å². The third-order valence-corrected chi connectivity index (χ3v) is 6.97. The second-order valence-electron chi connectivity index (χ2n) is 9.14. The molecule has 5 rings (SSSR count). The molecule has 2 saturated heterocycles. The number of hydrogen-bond donors (Lipinski definition) is 3. The van der Waals surface area contributed by atoms with Gasteiger partial charge in [0.2, 0.25) is 0 Å². The topological polar surface area (TPSA) is 99.9 Å². The number of halogens is 2. The second kappa shape index (κ2) is 8.70. The van der Waals surface area contributed by atoms with E-state index < -0.39 is 5.82 Å². The van der Waals surface area contributed by atoms with Crippen molar-refractivity contribution < 1.29 is 13.6 Å². The van der Waals surface area contributed by atoms with Crippen molar-refractivity contribution in [2.45, 2.75) is 44.4 Å². The first-order valence-electron chi connectivity index (χ1n) is 11.5. The van der Waals surface area contributed by atoms with Gasteiger partial charge in [-0.15, -0.1) is 0 Å². The highest BCUT2D eigenvalue weighted by molar-refractivity contribution is 5.99. The van der Waals surface area contributed by atoms with Crippen LogP contribution in [0.15, 0.2) is 18.3 Å². The number of carbonyl (C=O) groups is 1. The van der Waals surface area contributed by atoms with Gasteiger partial charge in [-0.3, -0.25) is 4.79 Å². The third-order valence-electron chi connectivity index (χ3n) is 6.97. The van der Waals surface area contributed by atoms with Gasteiger partial charge in [0.25, 0.3) is 5.91 Å². The van der Waals surface area contributed by atoms with Crippen LogP contribution in [0.3, 0.4) is 0 Å². The summed E-state index contributed by atoms with van der Waals surface area (Å²) in [4.78, 5) is 26.8. The Morgan fingerprint density at radius 2 is 1.94 bits per heavy atom. The molecule has 0 bridgehead atoms. The Kier molecular flexibility index (Phi) is 5.74. The van der Waals surface area contributed by atoms with Crippen molar-refractivity contribution in [2.75, 3.05) is 31.9 Å². The van der Waals surface area contributed by atoms with Gasteiger partial charge in [-0.1, -0.05) is 0 Å². The predicted octanol–water partition coefficient (Wildman–Crippen LogP) is 3.61. The lowest BCUT2D eigenvalue weighted by atomic mass is 9.88. The molecule has 2 aliphatic heterocycles. The molecule has 1 amide bonds. The zero-order valence-electron chi connectivity index (χ0n) is 18.6. The number of aryl methyl sites for hydroxylation is 1. The molecule has 0 radical (unpaired) electrons. The lowest BCUT2D eigenvalue weighted by molar-refractivity contribution is 0.0713. The molecule has 4 N–H and O–H groups in total. The smallest absolute Gasteiger partial charge is 0.256 e. The Morgan fingerprint density at radius 1 is 1.15 bits per heavy atom. The zero-order valence-corrected chi connectivity index (χ0v) is 18.6. The molecule has 1 unspecified atom stereocenters. The molecule has 0 aliphatic carbocycles. The van der Waals surface area contributed by atoms with Crippen molar-refractivity contribution in [3.05, 3.63) is 52.5 Å². The summed E-state index contributed by atoms with van der Waals surface area (Å²) in [5, 5.41) is 3.38. The summed E-state index contributed by atoms with van der Waals surface area (Å²) in [6.45, 7) is 4.35. The number of H-pyrrole nitrogens is 1. The fourth-order valence-corrected chi connectivity index (χ4v) is 5.08. The molecular formula is C24H28F2N6O. The van der Waals surface area contributed by atoms with Crippen LogP contribution in [-0.4, -0.2) is 51.9 Å². The summed E-state index contributed by atoms with van der Waals surface area (Å²) in [7, 11) is 0. The van der Waals surface area contributed by atoms with Crippen LogP contribution in [0, 0.1) is 18.6 Å². The number of likely N-dealkylation sites (tertiary alicyclic amines) is 1. The first kappa shape index (κ1) is 21.8. The normalized spacial score (nSPS) is 19.8. The second-order valence-corrected chi connectivity index (χ2v) is 9.14. The van der Waals surface area contributed by atoms with Crippen molar-refractivity contribution in [1.29, 1.82) is 0 Å². The molecule has 1 atom stereocenters. The Bertz CT molecular complexity index is 1200. The number of benzene rings is 1. The lowest BCUT2D eigenvalue weighted by Crippen LogP contribution is -2.38. The summed E-state index contributed by atoms with van der Waals surface area (Å²) in [6.07, 6.45) is 4.55. The minimum atomic E-state index is -0.452. The van der Waals surface area contributed by atoms with Crippen molar-refractivity contribution >= 4 is 22.8 Å². The van der Waals surface area contributed by atoms with E-state index in [0.717, 1.165) is 31.8 Å². The fourth-order valence-electron chi connectivity index (χ4n) is 5.08. The van der Waals surface area contributed by atoms with Crippen molar-refractivity contribution in [3.8, 4) is 0 Å². The van der Waals surface area contributed by atoms with Crippen LogP contribution in [0.1, 0.15) is 64.8 Å². The summed E-state index contributed by atoms with van der Waals surface area (Å²) in [5.74, 6) is -0.0472. The Morgan fingerprint density at radius 3 is 2.67 bits per heavy atom. The van der Waals surface area contributed by atoms with Crippen LogP contribution in [0.25, 0.3) is 11.2 Å². The highest BCUT2D eigenvalue weighted by Crippen LogP contribution is 2.35. The molecule has 2 aliphatic rings. The van der Waals surface area contributed by atoms with E-state index in [4.69, 9.17) is 5.73 Å². The molecule has 9 heteroatoms. The molecule has 3 aromatic rings. The number of anilines is 1. The van der Waals surface area contributed by atoms with Crippen LogP contribution in [0.2, 0.25) is 0 Å². The Hall–Kier alpha value is -3.07. The van der Waals surface area contributed by atoms with Crippen LogP contribution in [0.5, 0.6) is 0 Å². The molecule has 33 heavy (non-hydrogen) atoms. The SMILES string of the molecule is Cc1cc(N)c(C(=O)N2CCC(c3c(F)cnc4nc(C5CCCNC5)[nH]c34)CC2)cc1F. The lowest BCUT2D eigenvalue weighted by Gasteiger charge is -2.32. The predicted molar refractivity (Wildman–Crippen MR) is 122 cm³/mol. The number of pyridine rings is 1. The number of nitrogens with one attached hydrogen (secondary N) is 2. The minimum absolute atomic E-state index is 0.0653. The number of aromatic nitrogens is 3. The van der Waals surface area contributed by atoms with Gasteiger partial charge in [0.1, 0.15) is 17.5 Å². The number of amides is 1. The van der Waals surface area contributed by atoms with E-state index in [9.17, 15) is 13.6 Å². The number of hydrogen-bond acceptors (Lipinski definition) is 5. The summed E-state index contributed by atoms with van der Waals surface area (Å²) < 4.78 is 29.0. The molecule has 1 aromatic carbocycles. The third kappa shape index (κ3) is 4.06. The first-order chi connectivity index (χ1) is 15.9. The maximum Gasteiger partial charge on any atom is 0.256 e. The fraction of sp³-hybridized carbons (Fsp3) is 0.458. The number of carbonyl (C=O) groups excluding carboxylic acids is 1. The van der Waals surface area contributed by atoms with E-state index in [1.807, 2.05) is 0 Å². The number of nitrogens with zero attached hydrogens (tertiary/aromatic N) is 3. The number of nitrogen functional groups attached to an aromatic ring is 1. The van der Waals surface area contributed by atoms with Crippen molar-refractivity contribution in [3.63, 3.8) is 0 Å². The van der Waals surface area contributed by atoms with Gasteiger partial charge < -0.3 is 20.9 Å². The zero-order chi connectivity index (χ0) is 23.1. The minimum Gasteiger partial charge on any atom is -0.398 e. The molecule has 4 heterocycles. The van der Waals surface area contributed by atoms with Gasteiger partial charge in [-0.2, -0.15) is 0 Å². The van der Waals surface area contributed by atoms with Crippen LogP contribution >= 0.6 is 0 Å². The Balaban J connectivity index is 1.36. The van der Waals surface area contributed by atoms with E-state index in [1.165, 1.54) is 18.3 Å². The summed E-state index contributed by atoms with van der Waals surface area (Å²) in [6, 6.07) is 2.69. The number of aromatic amines is 1. The van der Waals surface area contributed by atoms with Crippen LogP contribution < -0.4 is 11.1 Å². The largest absolute Gasteiger partial charge is 0.398 e. The van der Waals surface area contributed by atoms with E-state index in [0.29, 0.717) is 48.2 Å². The highest BCUT2D eigenvalue weighted by Gasteiger charge is 2.30. The van der Waals surface area contributed by atoms with Crippen LogP contribution in [-0.2, 0) is 0 Å². The van der Waals surface area contributed by atoms with E-state index in [-0.39, 0.29) is 34.8 Å². The molecular weight excluding hydrogens is 426 g/mol. The van der Waals surface area contributed by atoms with Gasteiger partial charge in [0.15, 0.2) is 5.65 Å². The van der Waals surface area contributed by atoms with E-state index in [2.05, 4.69) is 20.3 Å². The molecule has 0 spiro atoms. The quantitative estimate of drug-likeness (QED) is 0.525. The summed E-state index contributed by atoms with van der Waals surface area (Å²) in [5.41, 5.74) is 8.61. The van der Waals surface area contributed by atoms with Crippen molar-refractivity contribution in [1.82, 2.24) is 25.2 Å². The maximum atomic E-state index is 15.0.